The molecule has 0 heterocycles. The number of hydrogen-bond donors (Lipinski definition) is 1. The highest BCUT2D eigenvalue weighted by molar-refractivity contribution is 5.15. The van der Waals surface area contributed by atoms with E-state index in [0.29, 0.717) is 18.5 Å². The maximum Gasteiger partial charge on any atom is 0.123 e. The van der Waals surface area contributed by atoms with Crippen LogP contribution in [0.5, 0.6) is 0 Å². The van der Waals surface area contributed by atoms with E-state index < -0.39 is 0 Å². The second-order valence-electron chi connectivity index (χ2n) is 4.59. The van der Waals surface area contributed by atoms with Crippen LogP contribution in [-0.2, 0) is 6.54 Å². The summed E-state index contributed by atoms with van der Waals surface area (Å²) in [5.41, 5.74) is 6.86. The minimum atomic E-state index is -0.189. The first kappa shape index (κ1) is 13.1. The molecule has 16 heavy (non-hydrogen) atoms. The number of hydrogen-bond acceptors (Lipinski definition) is 2. The average Bonchev–Trinajstić information content (AvgIpc) is 2.22. The van der Waals surface area contributed by atoms with Gasteiger partial charge < -0.3 is 5.73 Å². The molecule has 0 saturated carbocycles. The van der Waals surface area contributed by atoms with Gasteiger partial charge in [-0.2, -0.15) is 0 Å². The van der Waals surface area contributed by atoms with E-state index in [9.17, 15) is 4.39 Å². The molecule has 0 spiro atoms. The van der Waals surface area contributed by atoms with Crippen LogP contribution in [0.2, 0.25) is 0 Å². The van der Waals surface area contributed by atoms with Crippen molar-refractivity contribution < 1.29 is 4.39 Å². The lowest BCUT2D eigenvalue weighted by atomic mass is 10.0. The minimum absolute atomic E-state index is 0.189. The number of likely N-dealkylation sites (N-methyl/N-ethyl adjacent to an activating group) is 1. The zero-order valence-electron chi connectivity index (χ0n) is 10.3. The van der Waals surface area contributed by atoms with E-state index in [-0.39, 0.29) is 5.82 Å². The smallest absolute Gasteiger partial charge is 0.123 e. The average molecular weight is 224 g/mol. The van der Waals surface area contributed by atoms with Gasteiger partial charge in [0.05, 0.1) is 0 Å². The predicted molar refractivity (Wildman–Crippen MR) is 65.5 cm³/mol. The maximum absolute atomic E-state index is 12.7. The maximum atomic E-state index is 12.7. The summed E-state index contributed by atoms with van der Waals surface area (Å²) in [4.78, 5) is 2.22. The molecule has 0 amide bonds. The molecule has 1 aromatic carbocycles. The van der Waals surface area contributed by atoms with Gasteiger partial charge in [-0.25, -0.2) is 4.39 Å². The van der Waals surface area contributed by atoms with E-state index >= 15 is 0 Å². The standard InChI is InChI=1S/C13H21FN2/c1-10(2)13(8-15)16(3)9-11-4-6-12(14)7-5-11/h4-7,10,13H,8-9,15H2,1-3H3. The first-order valence-corrected chi connectivity index (χ1v) is 5.69. The van der Waals surface area contributed by atoms with E-state index in [1.807, 2.05) is 12.1 Å². The van der Waals surface area contributed by atoms with Gasteiger partial charge >= 0.3 is 0 Å². The molecule has 2 N–H and O–H groups in total. The summed E-state index contributed by atoms with van der Waals surface area (Å²) < 4.78 is 12.7. The second kappa shape index (κ2) is 5.97. The number of halogens is 1. The SMILES string of the molecule is CC(C)C(CN)N(C)Cc1ccc(F)cc1. The Kier molecular flexibility index (Phi) is 4.90. The van der Waals surface area contributed by atoms with Crippen LogP contribution in [0.25, 0.3) is 0 Å². The van der Waals surface area contributed by atoms with Crippen LogP contribution >= 0.6 is 0 Å². The lowest BCUT2D eigenvalue weighted by Gasteiger charge is -2.30. The molecule has 0 bridgehead atoms. The summed E-state index contributed by atoms with van der Waals surface area (Å²) in [6, 6.07) is 7.00. The highest BCUT2D eigenvalue weighted by Gasteiger charge is 2.16. The van der Waals surface area contributed by atoms with E-state index in [1.54, 1.807) is 0 Å². The van der Waals surface area contributed by atoms with E-state index in [4.69, 9.17) is 5.73 Å². The summed E-state index contributed by atoms with van der Waals surface area (Å²) in [7, 11) is 2.06. The fourth-order valence-corrected chi connectivity index (χ4v) is 1.96. The molecule has 1 unspecified atom stereocenters. The van der Waals surface area contributed by atoms with Crippen LogP contribution in [0.4, 0.5) is 4.39 Å². The Hall–Kier alpha value is -0.930. The van der Waals surface area contributed by atoms with Crippen molar-refractivity contribution in [3.8, 4) is 0 Å². The van der Waals surface area contributed by atoms with Gasteiger partial charge in [-0.15, -0.1) is 0 Å². The monoisotopic (exact) mass is 224 g/mol. The van der Waals surface area contributed by atoms with Gasteiger partial charge in [-0.1, -0.05) is 26.0 Å². The van der Waals surface area contributed by atoms with Crippen molar-refractivity contribution in [2.45, 2.75) is 26.4 Å². The topological polar surface area (TPSA) is 29.3 Å². The van der Waals surface area contributed by atoms with E-state index in [0.717, 1.165) is 12.1 Å². The normalized spacial score (nSPS) is 13.4. The zero-order valence-corrected chi connectivity index (χ0v) is 10.3. The van der Waals surface area contributed by atoms with Crippen molar-refractivity contribution >= 4 is 0 Å². The summed E-state index contributed by atoms with van der Waals surface area (Å²) in [5, 5.41) is 0. The fourth-order valence-electron chi connectivity index (χ4n) is 1.96. The Balaban J connectivity index is 2.62. The highest BCUT2D eigenvalue weighted by Crippen LogP contribution is 2.12. The Morgan fingerprint density at radius 2 is 1.81 bits per heavy atom. The highest BCUT2D eigenvalue weighted by atomic mass is 19.1. The van der Waals surface area contributed by atoms with E-state index in [2.05, 4.69) is 25.8 Å². The van der Waals surface area contributed by atoms with Gasteiger partial charge in [-0.3, -0.25) is 4.90 Å². The molecule has 0 saturated heterocycles. The number of nitrogens with zero attached hydrogens (tertiary/aromatic N) is 1. The van der Waals surface area contributed by atoms with Crippen LogP contribution in [-0.4, -0.2) is 24.5 Å². The largest absolute Gasteiger partial charge is 0.329 e. The van der Waals surface area contributed by atoms with Crippen LogP contribution in [0.15, 0.2) is 24.3 Å². The Bertz CT molecular complexity index is 308. The van der Waals surface area contributed by atoms with Crippen LogP contribution in [0, 0.1) is 11.7 Å². The summed E-state index contributed by atoms with van der Waals surface area (Å²) in [6.07, 6.45) is 0. The van der Waals surface area contributed by atoms with Gasteiger partial charge in [0.15, 0.2) is 0 Å². The molecule has 90 valence electrons. The van der Waals surface area contributed by atoms with Gasteiger partial charge in [0, 0.05) is 19.1 Å². The van der Waals surface area contributed by atoms with E-state index in [1.165, 1.54) is 12.1 Å². The van der Waals surface area contributed by atoms with Crippen molar-refractivity contribution in [3.05, 3.63) is 35.6 Å². The van der Waals surface area contributed by atoms with Crippen molar-refractivity contribution in [1.82, 2.24) is 4.90 Å². The third kappa shape index (κ3) is 3.58. The first-order chi connectivity index (χ1) is 7.54. The zero-order chi connectivity index (χ0) is 12.1. The third-order valence-electron chi connectivity index (χ3n) is 2.92. The van der Waals surface area contributed by atoms with Gasteiger partial charge in [0.25, 0.3) is 0 Å². The molecular formula is C13H21FN2. The molecule has 0 radical (unpaired) electrons. The van der Waals surface area contributed by atoms with Crippen LogP contribution in [0.3, 0.4) is 0 Å². The number of rotatable bonds is 5. The predicted octanol–water partition coefficient (Wildman–Crippen LogP) is 2.24. The summed E-state index contributed by atoms with van der Waals surface area (Å²) in [5.74, 6) is 0.334. The lowest BCUT2D eigenvalue weighted by molar-refractivity contribution is 0.190. The Labute approximate surface area is 97.3 Å². The number of nitrogens with two attached hydrogens (primary N) is 1. The molecule has 0 fully saturated rings. The molecule has 0 aromatic heterocycles. The fraction of sp³-hybridized carbons (Fsp3) is 0.538. The molecular weight excluding hydrogens is 203 g/mol. The molecule has 1 atom stereocenters. The summed E-state index contributed by atoms with van der Waals surface area (Å²) >= 11 is 0. The third-order valence-corrected chi connectivity index (χ3v) is 2.92. The second-order valence-corrected chi connectivity index (χ2v) is 4.59. The van der Waals surface area contributed by atoms with Gasteiger partial charge in [0.2, 0.25) is 0 Å². The molecule has 1 rings (SSSR count). The van der Waals surface area contributed by atoms with Crippen molar-refractivity contribution in [2.24, 2.45) is 11.7 Å². The van der Waals surface area contributed by atoms with Gasteiger partial charge in [-0.05, 0) is 30.7 Å². The molecule has 2 nitrogen and oxygen atoms in total. The lowest BCUT2D eigenvalue weighted by Crippen LogP contribution is -2.41. The van der Waals surface area contributed by atoms with Gasteiger partial charge in [0.1, 0.15) is 5.82 Å². The molecule has 1 aromatic rings. The molecule has 0 aliphatic rings. The minimum Gasteiger partial charge on any atom is -0.329 e. The Morgan fingerprint density at radius 1 is 1.25 bits per heavy atom. The molecule has 0 aliphatic carbocycles. The molecule has 3 heteroatoms. The molecule has 0 aliphatic heterocycles. The van der Waals surface area contributed by atoms with Crippen molar-refractivity contribution in [1.29, 1.82) is 0 Å². The van der Waals surface area contributed by atoms with Crippen molar-refractivity contribution in [3.63, 3.8) is 0 Å². The quantitative estimate of drug-likeness (QED) is 0.831. The summed E-state index contributed by atoms with van der Waals surface area (Å²) in [6.45, 7) is 5.78. The first-order valence-electron chi connectivity index (χ1n) is 5.69. The Morgan fingerprint density at radius 3 is 2.25 bits per heavy atom. The van der Waals surface area contributed by atoms with Crippen LogP contribution < -0.4 is 5.73 Å². The van der Waals surface area contributed by atoms with Crippen molar-refractivity contribution in [2.75, 3.05) is 13.6 Å². The number of benzene rings is 1. The van der Waals surface area contributed by atoms with Crippen LogP contribution in [0.1, 0.15) is 19.4 Å².